The molecule has 1 aliphatic rings. The van der Waals surface area contributed by atoms with Crippen LogP contribution >= 0.6 is 0 Å². The Morgan fingerprint density at radius 2 is 2.45 bits per heavy atom. The molecule has 3 atom stereocenters. The van der Waals surface area contributed by atoms with Gasteiger partial charge < -0.3 is 20.7 Å². The van der Waals surface area contributed by atoms with Crippen LogP contribution in [0.2, 0.25) is 0 Å². The number of hydrogen-bond donors (Lipinski definition) is 3. The van der Waals surface area contributed by atoms with Crippen molar-refractivity contribution in [2.24, 2.45) is 5.73 Å². The van der Waals surface area contributed by atoms with Gasteiger partial charge in [0.2, 0.25) is 0 Å². The van der Waals surface area contributed by atoms with Crippen LogP contribution in [0.1, 0.15) is 6.42 Å². The molecular weight excluding hydrogens is 150 g/mol. The van der Waals surface area contributed by atoms with Crippen molar-refractivity contribution in [1.82, 2.24) is 0 Å². The molecule has 1 rings (SSSR count). The van der Waals surface area contributed by atoms with Crippen LogP contribution in [0.3, 0.4) is 0 Å². The summed E-state index contributed by atoms with van der Waals surface area (Å²) in [6, 6.07) is 0. The molecule has 0 radical (unpaired) electrons. The third kappa shape index (κ3) is 1.68. The molecule has 0 spiro atoms. The summed E-state index contributed by atoms with van der Waals surface area (Å²) in [5, 5.41) is 18.2. The van der Waals surface area contributed by atoms with Crippen LogP contribution < -0.4 is 5.73 Å². The third-order valence-corrected chi connectivity index (χ3v) is 1.64. The first-order chi connectivity index (χ1) is 5.15. The number of aliphatic hydroxyl groups excluding tert-OH is 2. The number of cyclic esters (lactones) is 1. The number of hydrogen-bond acceptors (Lipinski definition) is 5. The van der Waals surface area contributed by atoms with Crippen molar-refractivity contribution >= 4 is 5.97 Å². The van der Waals surface area contributed by atoms with E-state index in [9.17, 15) is 4.79 Å². The van der Waals surface area contributed by atoms with E-state index in [0.29, 0.717) is 0 Å². The summed E-state index contributed by atoms with van der Waals surface area (Å²) in [5.74, 6) is -0.491. The number of rotatable bonds is 2. The highest BCUT2D eigenvalue weighted by molar-refractivity contribution is 5.72. The van der Waals surface area contributed by atoms with Crippen molar-refractivity contribution in [3.05, 3.63) is 0 Å². The number of aliphatic hydroxyl groups is 2. The molecule has 0 aromatic rings. The third-order valence-electron chi connectivity index (χ3n) is 1.64. The first kappa shape index (κ1) is 8.45. The summed E-state index contributed by atoms with van der Waals surface area (Å²) in [6.07, 6.45) is -2.77. The highest BCUT2D eigenvalue weighted by atomic mass is 16.6. The van der Waals surface area contributed by atoms with Crippen molar-refractivity contribution in [3.63, 3.8) is 0 Å². The summed E-state index contributed by atoms with van der Waals surface area (Å²) in [7, 11) is 0. The maximum Gasteiger partial charge on any atom is 0.309 e. The van der Waals surface area contributed by atoms with Crippen LogP contribution in [0.4, 0.5) is 0 Å². The molecule has 4 N–H and O–H groups in total. The highest BCUT2D eigenvalue weighted by Crippen LogP contribution is 2.17. The Balaban J connectivity index is 2.52. The second-order valence-corrected chi connectivity index (χ2v) is 2.53. The lowest BCUT2D eigenvalue weighted by atomic mass is 10.1. The predicted octanol–water partition coefficient (Wildman–Crippen LogP) is -2.02. The van der Waals surface area contributed by atoms with Crippen LogP contribution in [0.5, 0.6) is 0 Å². The second-order valence-electron chi connectivity index (χ2n) is 2.53. The van der Waals surface area contributed by atoms with E-state index in [1.54, 1.807) is 0 Å². The molecule has 1 fully saturated rings. The first-order valence-electron chi connectivity index (χ1n) is 3.41. The largest absolute Gasteiger partial charge is 0.457 e. The van der Waals surface area contributed by atoms with Gasteiger partial charge >= 0.3 is 5.97 Å². The van der Waals surface area contributed by atoms with E-state index in [0.717, 1.165) is 0 Å². The van der Waals surface area contributed by atoms with Crippen LogP contribution in [-0.4, -0.2) is 41.0 Å². The molecule has 1 heterocycles. The molecule has 5 heteroatoms. The number of ether oxygens (including phenoxy) is 1. The monoisotopic (exact) mass is 161 g/mol. The normalized spacial score (nSPS) is 33.5. The minimum atomic E-state index is -0.962. The van der Waals surface area contributed by atoms with E-state index in [1.165, 1.54) is 0 Å². The van der Waals surface area contributed by atoms with Gasteiger partial charge in [-0.3, -0.25) is 4.79 Å². The Hall–Kier alpha value is -0.650. The summed E-state index contributed by atoms with van der Waals surface area (Å²) >= 11 is 0. The van der Waals surface area contributed by atoms with Crippen molar-refractivity contribution in [1.29, 1.82) is 0 Å². The Morgan fingerprint density at radius 1 is 1.82 bits per heavy atom. The fourth-order valence-corrected chi connectivity index (χ4v) is 1.03. The average molecular weight is 161 g/mol. The number of esters is 1. The number of nitrogens with two attached hydrogens (primary N) is 1. The van der Waals surface area contributed by atoms with Gasteiger partial charge in [0, 0.05) is 6.54 Å². The van der Waals surface area contributed by atoms with E-state index >= 15 is 0 Å². The van der Waals surface area contributed by atoms with Gasteiger partial charge in [-0.05, 0) is 0 Å². The van der Waals surface area contributed by atoms with Crippen molar-refractivity contribution < 1.29 is 19.7 Å². The van der Waals surface area contributed by atoms with Gasteiger partial charge in [0.15, 0.2) is 6.10 Å². The van der Waals surface area contributed by atoms with Crippen LogP contribution in [0, 0.1) is 0 Å². The van der Waals surface area contributed by atoms with Crippen molar-refractivity contribution in [3.8, 4) is 0 Å². The molecule has 0 aromatic heterocycles. The lowest BCUT2D eigenvalue weighted by Gasteiger charge is -2.17. The molecule has 0 aliphatic carbocycles. The average Bonchev–Trinajstić information content (AvgIpc) is 2.28. The summed E-state index contributed by atoms with van der Waals surface area (Å²) in [5.41, 5.74) is 5.11. The van der Waals surface area contributed by atoms with Gasteiger partial charge in [-0.25, -0.2) is 0 Å². The maximum atomic E-state index is 10.6. The van der Waals surface area contributed by atoms with Crippen molar-refractivity contribution in [2.75, 3.05) is 6.54 Å². The molecule has 1 aliphatic heterocycles. The molecule has 0 amide bonds. The summed E-state index contributed by atoms with van der Waals surface area (Å²) in [4.78, 5) is 10.6. The molecule has 0 aromatic carbocycles. The number of carbonyl (C=O) groups excluding carboxylic acids is 1. The topological polar surface area (TPSA) is 92.8 Å². The predicted molar refractivity (Wildman–Crippen MR) is 35.6 cm³/mol. The van der Waals surface area contributed by atoms with Crippen LogP contribution in [0.25, 0.3) is 0 Å². The Morgan fingerprint density at radius 3 is 2.82 bits per heavy atom. The van der Waals surface area contributed by atoms with Crippen LogP contribution in [-0.2, 0) is 9.53 Å². The Labute approximate surface area is 63.8 Å². The standard InChI is InChI=1S/C6H11NO4/c7-2-4(9)6-3(8)1-5(10)11-6/h3-4,6,8-9H,1-2,7H2/t3-,4-,6+/m1/s1. The maximum absolute atomic E-state index is 10.6. The minimum Gasteiger partial charge on any atom is -0.457 e. The van der Waals surface area contributed by atoms with Gasteiger partial charge in [-0.2, -0.15) is 0 Å². The highest BCUT2D eigenvalue weighted by Gasteiger charge is 2.37. The molecule has 5 nitrogen and oxygen atoms in total. The summed E-state index contributed by atoms with van der Waals surface area (Å²) < 4.78 is 4.61. The molecule has 1 saturated heterocycles. The zero-order chi connectivity index (χ0) is 8.43. The van der Waals surface area contributed by atoms with Gasteiger partial charge in [0.05, 0.1) is 6.42 Å². The smallest absolute Gasteiger partial charge is 0.309 e. The minimum absolute atomic E-state index is 0.0188. The fraction of sp³-hybridized carbons (Fsp3) is 0.833. The Bertz CT molecular complexity index is 161. The molecule has 0 unspecified atom stereocenters. The fourth-order valence-electron chi connectivity index (χ4n) is 1.03. The summed E-state index contributed by atoms with van der Waals surface area (Å²) in [6.45, 7) is -0.0188. The number of carbonyl (C=O) groups is 1. The quantitative estimate of drug-likeness (QED) is 0.407. The Kier molecular flexibility index (Phi) is 2.43. The SMILES string of the molecule is NC[C@@H](O)[C@H]1OC(=O)C[C@H]1O. The first-order valence-corrected chi connectivity index (χ1v) is 3.41. The van der Waals surface area contributed by atoms with Gasteiger partial charge in [-0.1, -0.05) is 0 Å². The van der Waals surface area contributed by atoms with E-state index in [1.807, 2.05) is 0 Å². The zero-order valence-corrected chi connectivity index (χ0v) is 5.93. The van der Waals surface area contributed by atoms with E-state index < -0.39 is 24.3 Å². The van der Waals surface area contributed by atoms with E-state index in [4.69, 9.17) is 15.9 Å². The molecular formula is C6H11NO4. The lowest BCUT2D eigenvalue weighted by Crippen LogP contribution is -2.39. The van der Waals surface area contributed by atoms with Crippen molar-refractivity contribution in [2.45, 2.75) is 24.7 Å². The molecule has 64 valence electrons. The lowest BCUT2D eigenvalue weighted by molar-refractivity contribution is -0.146. The molecule has 0 bridgehead atoms. The zero-order valence-electron chi connectivity index (χ0n) is 5.93. The van der Waals surface area contributed by atoms with E-state index in [-0.39, 0.29) is 13.0 Å². The van der Waals surface area contributed by atoms with E-state index in [2.05, 4.69) is 4.74 Å². The van der Waals surface area contributed by atoms with Crippen LogP contribution in [0.15, 0.2) is 0 Å². The molecule has 0 saturated carbocycles. The van der Waals surface area contributed by atoms with Gasteiger partial charge in [-0.15, -0.1) is 0 Å². The van der Waals surface area contributed by atoms with Gasteiger partial charge in [0.25, 0.3) is 0 Å². The second kappa shape index (κ2) is 3.17. The van der Waals surface area contributed by atoms with Gasteiger partial charge in [0.1, 0.15) is 12.2 Å². The molecule has 11 heavy (non-hydrogen) atoms.